The second-order valence-electron chi connectivity index (χ2n) is 9.39. The molecule has 1 N–H and O–H groups in total. The van der Waals surface area contributed by atoms with Crippen LogP contribution in [0.5, 0.6) is 0 Å². The number of hydrogen-bond donors (Lipinski definition) is 1. The molecule has 0 spiro atoms. The van der Waals surface area contributed by atoms with Crippen molar-refractivity contribution in [3.05, 3.63) is 120 Å². The molecule has 1 nitrogen and oxygen atoms in total. The maximum Gasteiger partial charge on any atom is 0.0477 e. The molecule has 0 aliphatic heterocycles. The molecule has 1 aromatic heterocycles. The molecule has 8 rings (SSSR count). The van der Waals surface area contributed by atoms with Gasteiger partial charge in [0.2, 0.25) is 0 Å². The van der Waals surface area contributed by atoms with Crippen LogP contribution in [-0.4, -0.2) is 4.98 Å². The van der Waals surface area contributed by atoms with Gasteiger partial charge in [-0.2, -0.15) is 0 Å². The summed E-state index contributed by atoms with van der Waals surface area (Å²) in [6.45, 7) is 0. The normalized spacial score (nSPS) is 15.5. The summed E-state index contributed by atoms with van der Waals surface area (Å²) in [5, 5.41) is 2.69. The molecule has 0 radical (unpaired) electrons. The van der Waals surface area contributed by atoms with Gasteiger partial charge in [-0.3, -0.25) is 0 Å². The number of aromatic amines is 1. The monoisotopic (exact) mass is 419 g/mol. The van der Waals surface area contributed by atoms with E-state index in [1.54, 1.807) is 0 Å². The zero-order valence-corrected chi connectivity index (χ0v) is 18.1. The van der Waals surface area contributed by atoms with Crippen LogP contribution in [0.1, 0.15) is 22.6 Å². The van der Waals surface area contributed by atoms with Crippen LogP contribution in [-0.2, 0) is 6.42 Å². The second-order valence-corrected chi connectivity index (χ2v) is 9.39. The largest absolute Gasteiger partial charge is 0.354 e. The smallest absolute Gasteiger partial charge is 0.0477 e. The lowest BCUT2D eigenvalue weighted by Gasteiger charge is -2.26. The van der Waals surface area contributed by atoms with Gasteiger partial charge >= 0.3 is 0 Å². The van der Waals surface area contributed by atoms with E-state index in [1.165, 1.54) is 71.9 Å². The van der Waals surface area contributed by atoms with Crippen LogP contribution in [0.2, 0.25) is 0 Å². The lowest BCUT2D eigenvalue weighted by Crippen LogP contribution is -2.10. The topological polar surface area (TPSA) is 15.8 Å². The van der Waals surface area contributed by atoms with Gasteiger partial charge < -0.3 is 4.98 Å². The van der Waals surface area contributed by atoms with E-state index in [0.717, 1.165) is 6.42 Å². The fourth-order valence-electron chi connectivity index (χ4n) is 6.33. The molecule has 5 aromatic carbocycles. The van der Waals surface area contributed by atoms with E-state index in [-0.39, 0.29) is 0 Å². The van der Waals surface area contributed by atoms with Crippen molar-refractivity contribution in [3.63, 3.8) is 0 Å². The standard InChI is InChI=1S/C32H21N/c1-2-8-19(9-3-1)20-14-15-23-25(16-20)27-18-29-31(24-12-6-7-13-28(24)33-29)32-22-11-5-4-10-21(22)17-26(23)30(27)32/h1-16,18,26,33H,17H2. The van der Waals surface area contributed by atoms with Crippen LogP contribution in [0.4, 0.5) is 0 Å². The van der Waals surface area contributed by atoms with Gasteiger partial charge in [0.15, 0.2) is 0 Å². The van der Waals surface area contributed by atoms with Crippen LogP contribution < -0.4 is 0 Å². The predicted molar refractivity (Wildman–Crippen MR) is 138 cm³/mol. The molecule has 0 amide bonds. The highest BCUT2D eigenvalue weighted by molar-refractivity contribution is 6.18. The van der Waals surface area contributed by atoms with Crippen molar-refractivity contribution in [1.29, 1.82) is 0 Å². The van der Waals surface area contributed by atoms with E-state index < -0.39 is 0 Å². The van der Waals surface area contributed by atoms with Crippen molar-refractivity contribution in [3.8, 4) is 33.4 Å². The van der Waals surface area contributed by atoms with E-state index in [1.807, 2.05) is 0 Å². The lowest BCUT2D eigenvalue weighted by atomic mass is 9.76. The fraction of sp³-hybridized carbons (Fsp3) is 0.0625. The molecule has 1 atom stereocenters. The summed E-state index contributed by atoms with van der Waals surface area (Å²) in [6.07, 6.45) is 1.07. The number of rotatable bonds is 1. The third-order valence-corrected chi connectivity index (χ3v) is 7.72. The van der Waals surface area contributed by atoms with Gasteiger partial charge in [0, 0.05) is 27.7 Å². The Balaban J connectivity index is 1.51. The van der Waals surface area contributed by atoms with Crippen LogP contribution in [0.3, 0.4) is 0 Å². The van der Waals surface area contributed by atoms with Crippen molar-refractivity contribution in [2.24, 2.45) is 0 Å². The molecule has 1 heterocycles. The molecule has 0 saturated carbocycles. The Morgan fingerprint density at radius 1 is 0.606 bits per heavy atom. The lowest BCUT2D eigenvalue weighted by molar-refractivity contribution is 0.817. The minimum atomic E-state index is 0.419. The van der Waals surface area contributed by atoms with E-state index in [9.17, 15) is 0 Å². The Bertz CT molecular complexity index is 1740. The van der Waals surface area contributed by atoms with Gasteiger partial charge in [-0.05, 0) is 74.7 Å². The van der Waals surface area contributed by atoms with Crippen LogP contribution in [0.15, 0.2) is 103 Å². The van der Waals surface area contributed by atoms with Crippen LogP contribution >= 0.6 is 0 Å². The Labute approximate surface area is 192 Å². The Morgan fingerprint density at radius 3 is 2.36 bits per heavy atom. The van der Waals surface area contributed by atoms with E-state index >= 15 is 0 Å². The number of nitrogens with one attached hydrogen (secondary N) is 1. The van der Waals surface area contributed by atoms with E-state index in [4.69, 9.17) is 0 Å². The SMILES string of the molecule is c1ccc(-c2ccc3c(c2)-c2cc4[nH]c5ccccc5c4c4c2C3Cc2ccccc2-4)cc1. The first-order chi connectivity index (χ1) is 16.4. The summed E-state index contributed by atoms with van der Waals surface area (Å²) < 4.78 is 0. The minimum Gasteiger partial charge on any atom is -0.354 e. The maximum absolute atomic E-state index is 3.73. The average Bonchev–Trinajstić information content (AvgIpc) is 3.40. The highest BCUT2D eigenvalue weighted by Gasteiger charge is 2.37. The Hall–Kier alpha value is -4.10. The first kappa shape index (κ1) is 17.5. The van der Waals surface area contributed by atoms with Gasteiger partial charge in [0.25, 0.3) is 0 Å². The average molecular weight is 420 g/mol. The summed E-state index contributed by atoms with van der Waals surface area (Å²) in [5.74, 6) is 0.419. The first-order valence-corrected chi connectivity index (χ1v) is 11.7. The molecule has 154 valence electrons. The molecule has 1 heteroatoms. The van der Waals surface area contributed by atoms with Crippen molar-refractivity contribution >= 4 is 21.8 Å². The quantitative estimate of drug-likeness (QED) is 0.276. The van der Waals surface area contributed by atoms with Crippen LogP contribution in [0, 0.1) is 0 Å². The Morgan fingerprint density at radius 2 is 1.42 bits per heavy atom. The van der Waals surface area contributed by atoms with E-state index in [0.29, 0.717) is 5.92 Å². The number of para-hydroxylation sites is 1. The zero-order valence-electron chi connectivity index (χ0n) is 18.1. The first-order valence-electron chi connectivity index (χ1n) is 11.7. The summed E-state index contributed by atoms with van der Waals surface area (Å²) in [6, 6.07) is 38.0. The van der Waals surface area contributed by atoms with Crippen molar-refractivity contribution < 1.29 is 0 Å². The molecule has 2 aliphatic carbocycles. The number of fused-ring (bicyclic) bond motifs is 9. The Kier molecular flexibility index (Phi) is 3.30. The molecule has 0 bridgehead atoms. The summed E-state index contributed by atoms with van der Waals surface area (Å²) in [4.78, 5) is 3.73. The van der Waals surface area contributed by atoms with Crippen LogP contribution in [0.25, 0.3) is 55.2 Å². The molecule has 1 unspecified atom stereocenters. The summed E-state index contributed by atoms with van der Waals surface area (Å²) >= 11 is 0. The molecule has 6 aromatic rings. The summed E-state index contributed by atoms with van der Waals surface area (Å²) in [7, 11) is 0. The zero-order chi connectivity index (χ0) is 21.5. The van der Waals surface area contributed by atoms with Crippen molar-refractivity contribution in [2.75, 3.05) is 0 Å². The summed E-state index contributed by atoms with van der Waals surface area (Å²) in [5.41, 5.74) is 15.1. The predicted octanol–water partition coefficient (Wildman–Crippen LogP) is 8.32. The number of hydrogen-bond acceptors (Lipinski definition) is 0. The number of H-pyrrole nitrogens is 1. The second kappa shape index (κ2) is 6.24. The fourth-order valence-corrected chi connectivity index (χ4v) is 6.33. The number of aromatic nitrogens is 1. The molecular formula is C32H21N. The highest BCUT2D eigenvalue weighted by Crippen LogP contribution is 2.57. The minimum absolute atomic E-state index is 0.419. The number of benzene rings is 5. The maximum atomic E-state index is 3.73. The molecule has 2 aliphatic rings. The highest BCUT2D eigenvalue weighted by atomic mass is 14.7. The molecule has 0 saturated heterocycles. The van der Waals surface area contributed by atoms with Crippen molar-refractivity contribution in [1.82, 2.24) is 4.98 Å². The van der Waals surface area contributed by atoms with Gasteiger partial charge in [-0.1, -0.05) is 84.9 Å². The molecule has 33 heavy (non-hydrogen) atoms. The van der Waals surface area contributed by atoms with Gasteiger partial charge in [-0.15, -0.1) is 0 Å². The molecular weight excluding hydrogens is 398 g/mol. The van der Waals surface area contributed by atoms with Gasteiger partial charge in [-0.25, -0.2) is 0 Å². The molecule has 0 fully saturated rings. The van der Waals surface area contributed by atoms with E-state index in [2.05, 4.69) is 108 Å². The third-order valence-electron chi connectivity index (χ3n) is 7.72. The van der Waals surface area contributed by atoms with Crippen molar-refractivity contribution in [2.45, 2.75) is 12.3 Å². The van der Waals surface area contributed by atoms with Gasteiger partial charge in [0.05, 0.1) is 0 Å². The van der Waals surface area contributed by atoms with Gasteiger partial charge in [0.1, 0.15) is 0 Å². The third kappa shape index (κ3) is 2.27.